The van der Waals surface area contributed by atoms with Gasteiger partial charge >= 0.3 is 0 Å². The van der Waals surface area contributed by atoms with Crippen LogP contribution >= 0.6 is 28.1 Å². The van der Waals surface area contributed by atoms with Crippen molar-refractivity contribution in [2.24, 2.45) is 0 Å². The number of ether oxygens (including phenoxy) is 1. The number of rotatable bonds is 4. The Balaban J connectivity index is 2.04. The molecule has 2 aromatic rings. The third kappa shape index (κ3) is 5.03. The first-order chi connectivity index (χ1) is 12.3. The molecule has 0 bridgehead atoms. The maximum absolute atomic E-state index is 12.4. The van der Waals surface area contributed by atoms with Gasteiger partial charge in [-0.25, -0.2) is 0 Å². The lowest BCUT2D eigenvalue weighted by Gasteiger charge is -2.13. The van der Waals surface area contributed by atoms with Gasteiger partial charge in [0.05, 0.1) is 12.7 Å². The van der Waals surface area contributed by atoms with Crippen LogP contribution in [0, 0.1) is 0 Å². The summed E-state index contributed by atoms with van der Waals surface area (Å²) < 4.78 is 5.95. The molecule has 26 heavy (non-hydrogen) atoms. The van der Waals surface area contributed by atoms with Crippen molar-refractivity contribution in [3.8, 4) is 5.75 Å². The molecule has 0 aliphatic heterocycles. The van der Waals surface area contributed by atoms with E-state index in [1.807, 2.05) is 0 Å². The highest BCUT2D eigenvalue weighted by Crippen LogP contribution is 2.22. The summed E-state index contributed by atoms with van der Waals surface area (Å²) in [6, 6.07) is 11.9. The zero-order chi connectivity index (χ0) is 19.3. The van der Waals surface area contributed by atoms with Gasteiger partial charge in [0.1, 0.15) is 5.75 Å². The minimum absolute atomic E-state index is 0.0887. The van der Waals surface area contributed by atoms with Crippen LogP contribution in [0.1, 0.15) is 20.7 Å². The maximum atomic E-state index is 12.4. The molecule has 2 amide bonds. The number of hydrogen-bond acceptors (Lipinski definition) is 4. The zero-order valence-corrected chi connectivity index (χ0v) is 16.9. The SMILES string of the molecule is COc1ccc(Br)cc1C(=O)NC(=S)Nc1ccc(C(=O)N(C)C)cc1. The van der Waals surface area contributed by atoms with Crippen LogP contribution in [0.15, 0.2) is 46.9 Å². The normalized spacial score (nSPS) is 10.0. The summed E-state index contributed by atoms with van der Waals surface area (Å²) in [6.45, 7) is 0. The number of anilines is 1. The van der Waals surface area contributed by atoms with Gasteiger partial charge in [0, 0.05) is 29.8 Å². The molecule has 0 atom stereocenters. The fourth-order valence-corrected chi connectivity index (χ4v) is 2.72. The van der Waals surface area contributed by atoms with Gasteiger partial charge in [-0.15, -0.1) is 0 Å². The van der Waals surface area contributed by atoms with Crippen LogP contribution in [0.2, 0.25) is 0 Å². The number of nitrogens with one attached hydrogen (secondary N) is 2. The number of benzene rings is 2. The van der Waals surface area contributed by atoms with Gasteiger partial charge in [0.2, 0.25) is 0 Å². The number of carbonyl (C=O) groups is 2. The molecule has 0 saturated heterocycles. The van der Waals surface area contributed by atoms with Crippen LogP contribution in [0.25, 0.3) is 0 Å². The predicted molar refractivity (Wildman–Crippen MR) is 109 cm³/mol. The second-order valence-electron chi connectivity index (χ2n) is 5.53. The van der Waals surface area contributed by atoms with Crippen molar-refractivity contribution < 1.29 is 14.3 Å². The van der Waals surface area contributed by atoms with Crippen LogP contribution in [0.3, 0.4) is 0 Å². The van der Waals surface area contributed by atoms with Gasteiger partial charge in [-0.3, -0.25) is 14.9 Å². The highest BCUT2D eigenvalue weighted by molar-refractivity contribution is 9.10. The molecule has 0 aromatic heterocycles. The molecule has 136 valence electrons. The molecule has 2 rings (SSSR count). The highest BCUT2D eigenvalue weighted by Gasteiger charge is 2.14. The molecule has 0 aliphatic rings. The number of thiocarbonyl (C=S) groups is 1. The number of halogens is 1. The van der Waals surface area contributed by atoms with Gasteiger partial charge < -0.3 is 15.0 Å². The first-order valence-corrected chi connectivity index (χ1v) is 8.79. The number of carbonyl (C=O) groups excluding carboxylic acids is 2. The van der Waals surface area contributed by atoms with Gasteiger partial charge in [-0.1, -0.05) is 15.9 Å². The van der Waals surface area contributed by atoms with Gasteiger partial charge in [-0.05, 0) is 54.7 Å². The molecular weight excluding hydrogens is 418 g/mol. The average molecular weight is 436 g/mol. The summed E-state index contributed by atoms with van der Waals surface area (Å²) in [5, 5.41) is 5.66. The van der Waals surface area contributed by atoms with Crippen molar-refractivity contribution in [3.63, 3.8) is 0 Å². The summed E-state index contributed by atoms with van der Waals surface area (Å²) in [7, 11) is 4.87. The Bertz CT molecular complexity index is 838. The number of hydrogen-bond donors (Lipinski definition) is 2. The zero-order valence-electron chi connectivity index (χ0n) is 14.5. The summed E-state index contributed by atoms with van der Waals surface area (Å²) in [4.78, 5) is 25.8. The maximum Gasteiger partial charge on any atom is 0.261 e. The van der Waals surface area contributed by atoms with Gasteiger partial charge in [-0.2, -0.15) is 0 Å². The van der Waals surface area contributed by atoms with Crippen LogP contribution < -0.4 is 15.4 Å². The lowest BCUT2D eigenvalue weighted by molar-refractivity contribution is 0.0827. The Morgan fingerprint density at radius 2 is 1.77 bits per heavy atom. The van der Waals surface area contributed by atoms with E-state index in [1.165, 1.54) is 12.0 Å². The molecular formula is C18H18BrN3O3S. The fraction of sp³-hybridized carbons (Fsp3) is 0.167. The monoisotopic (exact) mass is 435 g/mol. The second kappa shape index (κ2) is 8.77. The minimum Gasteiger partial charge on any atom is -0.496 e. The Morgan fingerprint density at radius 3 is 2.35 bits per heavy atom. The van der Waals surface area contributed by atoms with E-state index in [1.54, 1.807) is 56.6 Å². The van der Waals surface area contributed by atoms with Crippen molar-refractivity contribution >= 4 is 50.8 Å². The fourth-order valence-electron chi connectivity index (χ4n) is 2.14. The summed E-state index contributed by atoms with van der Waals surface area (Å²) in [5.41, 5.74) is 1.58. The van der Waals surface area contributed by atoms with E-state index in [4.69, 9.17) is 17.0 Å². The number of amides is 2. The first-order valence-electron chi connectivity index (χ1n) is 7.59. The quantitative estimate of drug-likeness (QED) is 0.720. The molecule has 6 nitrogen and oxygen atoms in total. The van der Waals surface area contributed by atoms with Crippen LogP contribution in [0.4, 0.5) is 5.69 Å². The minimum atomic E-state index is -0.389. The van der Waals surface area contributed by atoms with E-state index < -0.39 is 0 Å². The molecule has 0 radical (unpaired) electrons. The Morgan fingerprint density at radius 1 is 1.12 bits per heavy atom. The first kappa shape index (κ1) is 19.9. The van der Waals surface area contributed by atoms with Crippen molar-refractivity contribution in [1.82, 2.24) is 10.2 Å². The van der Waals surface area contributed by atoms with E-state index >= 15 is 0 Å². The Kier molecular flexibility index (Phi) is 6.70. The summed E-state index contributed by atoms with van der Waals surface area (Å²) in [5.74, 6) is -0.0331. The van der Waals surface area contributed by atoms with Crippen LogP contribution in [-0.4, -0.2) is 43.0 Å². The Hall–Kier alpha value is -2.45. The Labute approximate surface area is 165 Å². The molecule has 0 heterocycles. The lowest BCUT2D eigenvalue weighted by Crippen LogP contribution is -2.34. The molecule has 2 N–H and O–H groups in total. The molecule has 0 unspecified atom stereocenters. The van der Waals surface area contributed by atoms with Crippen LogP contribution in [-0.2, 0) is 0 Å². The molecule has 8 heteroatoms. The van der Waals surface area contributed by atoms with E-state index in [9.17, 15) is 9.59 Å². The van der Waals surface area contributed by atoms with Crippen molar-refractivity contribution in [2.45, 2.75) is 0 Å². The second-order valence-corrected chi connectivity index (χ2v) is 6.85. The molecule has 0 fully saturated rings. The lowest BCUT2D eigenvalue weighted by atomic mass is 10.2. The highest BCUT2D eigenvalue weighted by atomic mass is 79.9. The summed E-state index contributed by atoms with van der Waals surface area (Å²) >= 11 is 8.51. The van der Waals surface area contributed by atoms with E-state index in [-0.39, 0.29) is 16.9 Å². The molecule has 2 aromatic carbocycles. The van der Waals surface area contributed by atoms with Crippen LogP contribution in [0.5, 0.6) is 5.75 Å². The van der Waals surface area contributed by atoms with E-state index in [0.29, 0.717) is 22.6 Å². The standard InChI is InChI=1S/C18H18BrN3O3S/c1-22(2)17(24)11-4-7-13(8-5-11)20-18(26)21-16(23)14-10-12(19)6-9-15(14)25-3/h4-10H,1-3H3,(H2,20,21,23,26). The van der Waals surface area contributed by atoms with Crippen molar-refractivity contribution in [3.05, 3.63) is 58.1 Å². The molecule has 0 saturated carbocycles. The summed E-state index contributed by atoms with van der Waals surface area (Å²) in [6.07, 6.45) is 0. The largest absolute Gasteiger partial charge is 0.496 e. The predicted octanol–water partition coefficient (Wildman–Crippen LogP) is 3.29. The smallest absolute Gasteiger partial charge is 0.261 e. The third-order valence-electron chi connectivity index (χ3n) is 3.43. The third-order valence-corrected chi connectivity index (χ3v) is 4.13. The number of methoxy groups -OCH3 is 1. The van der Waals surface area contributed by atoms with E-state index in [2.05, 4.69) is 26.6 Å². The van der Waals surface area contributed by atoms with Crippen molar-refractivity contribution in [2.75, 3.05) is 26.5 Å². The topological polar surface area (TPSA) is 70.7 Å². The average Bonchev–Trinajstić information content (AvgIpc) is 2.61. The van der Waals surface area contributed by atoms with Gasteiger partial charge in [0.15, 0.2) is 5.11 Å². The molecule has 0 spiro atoms. The number of nitrogens with zero attached hydrogens (tertiary/aromatic N) is 1. The van der Waals surface area contributed by atoms with Crippen molar-refractivity contribution in [1.29, 1.82) is 0 Å². The van der Waals surface area contributed by atoms with E-state index in [0.717, 1.165) is 4.47 Å². The van der Waals surface area contributed by atoms with Gasteiger partial charge in [0.25, 0.3) is 11.8 Å². The molecule has 0 aliphatic carbocycles.